The van der Waals surface area contributed by atoms with Crippen molar-refractivity contribution in [2.45, 2.75) is 26.2 Å². The summed E-state index contributed by atoms with van der Waals surface area (Å²) in [6, 6.07) is 2.01. The van der Waals surface area contributed by atoms with Crippen molar-refractivity contribution < 1.29 is 8.76 Å². The number of nitrogens with zero attached hydrogens (tertiary/aromatic N) is 3. The van der Waals surface area contributed by atoms with Gasteiger partial charge < -0.3 is 4.90 Å². The molecule has 1 aliphatic rings. The monoisotopic (exact) mass is 284 g/mol. The smallest absolute Gasteiger partial charge is 0.231 e. The van der Waals surface area contributed by atoms with Crippen molar-refractivity contribution in [3.05, 3.63) is 18.1 Å². The first-order valence-electron chi connectivity index (χ1n) is 6.53. The molecule has 0 saturated carbocycles. The molecule has 0 bridgehead atoms. The number of hydrogen-bond acceptors (Lipinski definition) is 4. The van der Waals surface area contributed by atoms with Crippen LogP contribution in [-0.2, 0) is 11.3 Å². The van der Waals surface area contributed by atoms with Crippen LogP contribution in [0.25, 0.3) is 0 Å². The number of aromatic nitrogens is 2. The third-order valence-electron chi connectivity index (χ3n) is 3.51. The molecule has 0 aliphatic carbocycles. The average molecular weight is 284 g/mol. The standard InChI is InChI=1S/C12H20N4O2S/c1-10-8-12(14-9-13-10)16-6-3-11(4-7-16)2-5-15-19(17)18/h8-9,11,15H,2-7H2,1H3,(H,17,18). The van der Waals surface area contributed by atoms with Crippen molar-refractivity contribution in [1.29, 1.82) is 0 Å². The molecule has 1 atom stereocenters. The van der Waals surface area contributed by atoms with Crippen LogP contribution in [0.15, 0.2) is 12.4 Å². The minimum absolute atomic E-state index is 0.598. The Labute approximate surface area is 116 Å². The van der Waals surface area contributed by atoms with Crippen molar-refractivity contribution in [3.8, 4) is 0 Å². The molecule has 2 rings (SSSR count). The van der Waals surface area contributed by atoms with E-state index in [1.807, 2.05) is 13.0 Å². The van der Waals surface area contributed by atoms with Crippen LogP contribution in [0.2, 0.25) is 0 Å². The number of hydrogen-bond donors (Lipinski definition) is 2. The summed E-state index contributed by atoms with van der Waals surface area (Å²) in [7, 11) is 0. The van der Waals surface area contributed by atoms with Gasteiger partial charge in [-0.15, -0.1) is 0 Å². The molecule has 0 amide bonds. The lowest BCUT2D eigenvalue weighted by Crippen LogP contribution is -2.35. The third kappa shape index (κ3) is 4.52. The van der Waals surface area contributed by atoms with Gasteiger partial charge in [-0.1, -0.05) is 0 Å². The molecule has 19 heavy (non-hydrogen) atoms. The Morgan fingerprint density at radius 2 is 2.21 bits per heavy atom. The highest BCUT2D eigenvalue weighted by Crippen LogP contribution is 2.23. The van der Waals surface area contributed by atoms with Gasteiger partial charge in [-0.05, 0) is 32.1 Å². The second kappa shape index (κ2) is 6.93. The number of nitrogens with one attached hydrogen (secondary N) is 1. The first-order valence-corrected chi connectivity index (χ1v) is 7.64. The van der Waals surface area contributed by atoms with Crippen LogP contribution in [0, 0.1) is 12.8 Å². The van der Waals surface area contributed by atoms with Crippen LogP contribution >= 0.6 is 0 Å². The van der Waals surface area contributed by atoms with Crippen LogP contribution in [-0.4, -0.2) is 38.4 Å². The highest BCUT2D eigenvalue weighted by molar-refractivity contribution is 7.77. The normalized spacial score (nSPS) is 18.5. The van der Waals surface area contributed by atoms with E-state index in [1.165, 1.54) is 0 Å². The zero-order valence-corrected chi connectivity index (χ0v) is 11.9. The number of anilines is 1. The van der Waals surface area contributed by atoms with Gasteiger partial charge >= 0.3 is 0 Å². The zero-order valence-electron chi connectivity index (χ0n) is 11.1. The lowest BCUT2D eigenvalue weighted by molar-refractivity contribution is 0.380. The molecular weight excluding hydrogens is 264 g/mol. The summed E-state index contributed by atoms with van der Waals surface area (Å²) < 4.78 is 21.7. The Kier molecular flexibility index (Phi) is 5.24. The summed E-state index contributed by atoms with van der Waals surface area (Å²) in [6.45, 7) is 4.55. The minimum Gasteiger partial charge on any atom is -0.356 e. The van der Waals surface area contributed by atoms with Gasteiger partial charge in [-0.25, -0.2) is 18.9 Å². The van der Waals surface area contributed by atoms with Crippen LogP contribution < -0.4 is 9.62 Å². The fourth-order valence-corrected chi connectivity index (χ4v) is 2.71. The van der Waals surface area contributed by atoms with E-state index < -0.39 is 11.3 Å². The van der Waals surface area contributed by atoms with Crippen molar-refractivity contribution in [2.24, 2.45) is 5.92 Å². The van der Waals surface area contributed by atoms with Crippen LogP contribution in [0.4, 0.5) is 5.82 Å². The fraction of sp³-hybridized carbons (Fsp3) is 0.667. The Hall–Kier alpha value is -1.05. The molecule has 106 valence electrons. The third-order valence-corrected chi connectivity index (χ3v) is 3.96. The summed E-state index contributed by atoms with van der Waals surface area (Å²) in [4.78, 5) is 10.7. The van der Waals surface area contributed by atoms with E-state index in [2.05, 4.69) is 19.6 Å². The lowest BCUT2D eigenvalue weighted by atomic mass is 9.94. The van der Waals surface area contributed by atoms with Gasteiger partial charge in [-0.2, -0.15) is 0 Å². The van der Waals surface area contributed by atoms with E-state index in [-0.39, 0.29) is 0 Å². The Morgan fingerprint density at radius 1 is 1.47 bits per heavy atom. The Balaban J connectivity index is 1.77. The summed E-state index contributed by atoms with van der Waals surface area (Å²) in [5.74, 6) is 1.62. The van der Waals surface area contributed by atoms with E-state index in [9.17, 15) is 4.21 Å². The molecule has 2 heterocycles. The molecular formula is C12H20N4O2S. The van der Waals surface area contributed by atoms with Gasteiger partial charge in [0, 0.05) is 31.4 Å². The molecule has 1 aromatic rings. The topological polar surface area (TPSA) is 78.4 Å². The Bertz CT molecular complexity index is 435. The molecule has 0 radical (unpaired) electrons. The molecule has 2 N–H and O–H groups in total. The predicted molar refractivity (Wildman–Crippen MR) is 75.1 cm³/mol. The molecule has 0 aromatic carbocycles. The molecule has 1 saturated heterocycles. The van der Waals surface area contributed by atoms with Crippen molar-refractivity contribution in [2.75, 3.05) is 24.5 Å². The van der Waals surface area contributed by atoms with E-state index >= 15 is 0 Å². The quantitative estimate of drug-likeness (QED) is 0.792. The van der Waals surface area contributed by atoms with Crippen LogP contribution in [0.3, 0.4) is 0 Å². The predicted octanol–water partition coefficient (Wildman–Crippen LogP) is 1.12. The molecule has 1 aliphatic heterocycles. The van der Waals surface area contributed by atoms with Gasteiger partial charge in [0.1, 0.15) is 12.1 Å². The number of rotatable bonds is 5. The first kappa shape index (κ1) is 14.4. The van der Waals surface area contributed by atoms with Crippen molar-refractivity contribution in [3.63, 3.8) is 0 Å². The largest absolute Gasteiger partial charge is 0.356 e. The number of piperidine rings is 1. The molecule has 1 aromatic heterocycles. The second-order valence-corrected chi connectivity index (χ2v) is 5.67. The maximum atomic E-state index is 10.5. The fourth-order valence-electron chi connectivity index (χ4n) is 2.41. The molecule has 1 fully saturated rings. The van der Waals surface area contributed by atoms with Crippen LogP contribution in [0.1, 0.15) is 25.0 Å². The molecule has 0 spiro atoms. The minimum atomic E-state index is -1.89. The average Bonchev–Trinajstić information content (AvgIpc) is 2.39. The second-order valence-electron chi connectivity index (χ2n) is 4.88. The summed E-state index contributed by atoms with van der Waals surface area (Å²) in [5, 5.41) is 0. The SMILES string of the molecule is Cc1cc(N2CCC(CCNS(=O)O)CC2)ncn1. The summed E-state index contributed by atoms with van der Waals surface area (Å²) >= 11 is -1.89. The van der Waals surface area contributed by atoms with E-state index in [4.69, 9.17) is 4.55 Å². The van der Waals surface area contributed by atoms with E-state index in [1.54, 1.807) is 6.33 Å². The Morgan fingerprint density at radius 3 is 2.84 bits per heavy atom. The van der Waals surface area contributed by atoms with Gasteiger partial charge in [-0.3, -0.25) is 4.55 Å². The van der Waals surface area contributed by atoms with E-state index in [0.717, 1.165) is 43.9 Å². The summed E-state index contributed by atoms with van der Waals surface area (Å²) in [6.07, 6.45) is 4.76. The zero-order chi connectivity index (χ0) is 13.7. The van der Waals surface area contributed by atoms with Crippen molar-refractivity contribution >= 4 is 17.1 Å². The molecule has 7 heteroatoms. The highest BCUT2D eigenvalue weighted by Gasteiger charge is 2.20. The first-order chi connectivity index (χ1) is 9.15. The lowest BCUT2D eigenvalue weighted by Gasteiger charge is -2.32. The van der Waals surface area contributed by atoms with Gasteiger partial charge in [0.05, 0.1) is 0 Å². The van der Waals surface area contributed by atoms with Gasteiger partial charge in [0.15, 0.2) is 0 Å². The molecule has 6 nitrogen and oxygen atoms in total. The number of aryl methyl sites for hydroxylation is 1. The summed E-state index contributed by atoms with van der Waals surface area (Å²) in [5.41, 5.74) is 0.988. The van der Waals surface area contributed by atoms with Gasteiger partial charge in [0.25, 0.3) is 0 Å². The van der Waals surface area contributed by atoms with E-state index in [0.29, 0.717) is 12.5 Å². The van der Waals surface area contributed by atoms with Gasteiger partial charge in [0.2, 0.25) is 11.3 Å². The maximum Gasteiger partial charge on any atom is 0.231 e. The van der Waals surface area contributed by atoms with Crippen molar-refractivity contribution in [1.82, 2.24) is 14.7 Å². The maximum absolute atomic E-state index is 10.5. The van der Waals surface area contributed by atoms with Crippen LogP contribution in [0.5, 0.6) is 0 Å². The molecule has 1 unspecified atom stereocenters. The highest BCUT2D eigenvalue weighted by atomic mass is 32.2.